The molecule has 0 saturated carbocycles. The average Bonchev–Trinajstić information content (AvgIpc) is 3.54. The Morgan fingerprint density at radius 1 is 0.900 bits per heavy atom. The highest BCUT2D eigenvalue weighted by atomic mass is 32.1. The number of thiazole rings is 1. The molecule has 1 fully saturated rings. The smallest absolute Gasteiger partial charge is 0.301 e. The number of benzene rings is 4. The molecule has 1 unspecified atom stereocenters. The first-order chi connectivity index (χ1) is 19.5. The number of aliphatic hydroxyl groups is 1. The molecular formula is C32H24N2O5S. The molecule has 40 heavy (non-hydrogen) atoms. The van der Waals surface area contributed by atoms with E-state index in [-0.39, 0.29) is 11.3 Å². The van der Waals surface area contributed by atoms with Gasteiger partial charge in [-0.3, -0.25) is 14.5 Å². The molecule has 8 heteroatoms. The number of aromatic nitrogens is 1. The number of carbonyl (C=O) groups is 2. The topological polar surface area (TPSA) is 89.0 Å². The molecular weight excluding hydrogens is 524 g/mol. The van der Waals surface area contributed by atoms with Crippen molar-refractivity contribution in [3.05, 3.63) is 125 Å². The van der Waals surface area contributed by atoms with Crippen LogP contribution in [0.15, 0.2) is 109 Å². The molecule has 198 valence electrons. The molecule has 1 N–H and O–H groups in total. The van der Waals surface area contributed by atoms with Gasteiger partial charge in [-0.2, -0.15) is 0 Å². The zero-order valence-electron chi connectivity index (χ0n) is 21.5. The Morgan fingerprint density at radius 3 is 2.27 bits per heavy atom. The molecule has 4 aromatic carbocycles. The van der Waals surface area contributed by atoms with E-state index in [0.29, 0.717) is 39.9 Å². The van der Waals surface area contributed by atoms with Crippen LogP contribution in [0.2, 0.25) is 0 Å². The molecule has 1 atom stereocenters. The number of anilines is 1. The van der Waals surface area contributed by atoms with Crippen molar-refractivity contribution in [1.29, 1.82) is 0 Å². The van der Waals surface area contributed by atoms with Crippen molar-refractivity contribution in [2.75, 3.05) is 12.0 Å². The fraction of sp³-hybridized carbons (Fsp3) is 0.0938. The van der Waals surface area contributed by atoms with Crippen LogP contribution in [0.4, 0.5) is 5.13 Å². The van der Waals surface area contributed by atoms with Crippen molar-refractivity contribution in [2.45, 2.75) is 12.6 Å². The van der Waals surface area contributed by atoms with Crippen LogP contribution in [0.1, 0.15) is 22.7 Å². The molecule has 6 rings (SSSR count). The zero-order chi connectivity index (χ0) is 27.6. The fourth-order valence-corrected chi connectivity index (χ4v) is 5.73. The van der Waals surface area contributed by atoms with Gasteiger partial charge in [0, 0.05) is 5.56 Å². The van der Waals surface area contributed by atoms with Gasteiger partial charge in [0.05, 0.1) is 28.9 Å². The summed E-state index contributed by atoms with van der Waals surface area (Å²) < 4.78 is 12.1. The van der Waals surface area contributed by atoms with Crippen molar-refractivity contribution in [3.8, 4) is 11.5 Å². The minimum Gasteiger partial charge on any atom is -0.507 e. The number of nitrogens with zero attached hydrogens (tertiary/aromatic N) is 2. The van der Waals surface area contributed by atoms with Crippen LogP contribution in [-0.2, 0) is 16.2 Å². The van der Waals surface area contributed by atoms with Crippen LogP contribution < -0.4 is 14.4 Å². The van der Waals surface area contributed by atoms with Gasteiger partial charge in [0.1, 0.15) is 23.9 Å². The molecule has 7 nitrogen and oxygen atoms in total. The molecule has 1 aliphatic rings. The Morgan fingerprint density at radius 2 is 1.57 bits per heavy atom. The van der Waals surface area contributed by atoms with E-state index in [1.807, 2.05) is 48.5 Å². The van der Waals surface area contributed by atoms with Crippen LogP contribution in [0, 0.1) is 0 Å². The van der Waals surface area contributed by atoms with Gasteiger partial charge in [0.2, 0.25) is 0 Å². The molecule has 5 aromatic rings. The maximum Gasteiger partial charge on any atom is 0.301 e. The lowest BCUT2D eigenvalue weighted by molar-refractivity contribution is -0.132. The molecule has 0 bridgehead atoms. The van der Waals surface area contributed by atoms with Gasteiger partial charge in [-0.15, -0.1) is 0 Å². The third kappa shape index (κ3) is 4.69. The number of aliphatic hydroxyl groups excluding tert-OH is 1. The molecule has 1 saturated heterocycles. The molecule has 2 heterocycles. The summed E-state index contributed by atoms with van der Waals surface area (Å²) in [6.07, 6.45) is 0. The molecule has 0 spiro atoms. The van der Waals surface area contributed by atoms with E-state index >= 15 is 0 Å². The van der Waals surface area contributed by atoms with Gasteiger partial charge in [-0.05, 0) is 41.5 Å². The first-order valence-corrected chi connectivity index (χ1v) is 13.4. The number of hydrogen-bond donors (Lipinski definition) is 1. The molecule has 1 amide bonds. The van der Waals surface area contributed by atoms with Gasteiger partial charge in [-0.25, -0.2) is 4.98 Å². The summed E-state index contributed by atoms with van der Waals surface area (Å²) in [6, 6.07) is 30.3. The summed E-state index contributed by atoms with van der Waals surface area (Å²) in [5, 5.41) is 11.7. The number of ether oxygens (including phenoxy) is 2. The maximum atomic E-state index is 13.5. The van der Waals surface area contributed by atoms with Gasteiger partial charge >= 0.3 is 5.91 Å². The van der Waals surface area contributed by atoms with Crippen molar-refractivity contribution >= 4 is 44.1 Å². The summed E-state index contributed by atoms with van der Waals surface area (Å²) in [6.45, 7) is 0.405. The van der Waals surface area contributed by atoms with Crippen LogP contribution in [-0.4, -0.2) is 28.9 Å². The summed E-state index contributed by atoms with van der Waals surface area (Å²) in [4.78, 5) is 33.0. The number of hydrogen-bond acceptors (Lipinski definition) is 7. The Hall–Kier alpha value is -4.95. The number of carbonyl (C=O) groups excluding carboxylic acids is 2. The minimum atomic E-state index is -0.883. The summed E-state index contributed by atoms with van der Waals surface area (Å²) in [7, 11) is 1.58. The number of Topliss-reactive ketones (excluding diaryl/α,β-unsaturated/α-hetero) is 1. The first-order valence-electron chi connectivity index (χ1n) is 12.6. The molecule has 0 aliphatic carbocycles. The van der Waals surface area contributed by atoms with Crippen LogP contribution in [0.3, 0.4) is 0 Å². The predicted octanol–water partition coefficient (Wildman–Crippen LogP) is 6.51. The monoisotopic (exact) mass is 548 g/mol. The summed E-state index contributed by atoms with van der Waals surface area (Å²) in [5.41, 5.74) is 2.80. The number of methoxy groups -OCH3 is 1. The van der Waals surface area contributed by atoms with E-state index in [2.05, 4.69) is 4.98 Å². The Bertz CT molecular complexity index is 1730. The third-order valence-corrected chi connectivity index (χ3v) is 7.74. The lowest BCUT2D eigenvalue weighted by Gasteiger charge is -2.23. The van der Waals surface area contributed by atoms with E-state index in [4.69, 9.17) is 9.47 Å². The van der Waals surface area contributed by atoms with Crippen molar-refractivity contribution < 1.29 is 24.2 Å². The summed E-state index contributed by atoms with van der Waals surface area (Å²) in [5.74, 6) is -0.458. The Kier molecular flexibility index (Phi) is 6.76. The lowest BCUT2D eigenvalue weighted by atomic mass is 9.95. The van der Waals surface area contributed by atoms with Crippen molar-refractivity contribution in [1.82, 2.24) is 4.98 Å². The lowest BCUT2D eigenvalue weighted by Crippen LogP contribution is -2.29. The highest BCUT2D eigenvalue weighted by Crippen LogP contribution is 2.44. The molecule has 1 aromatic heterocycles. The average molecular weight is 549 g/mol. The highest BCUT2D eigenvalue weighted by Gasteiger charge is 2.48. The number of amides is 1. The second-order valence-corrected chi connectivity index (χ2v) is 10.2. The van der Waals surface area contributed by atoms with E-state index < -0.39 is 17.7 Å². The first kappa shape index (κ1) is 25.3. The summed E-state index contributed by atoms with van der Waals surface area (Å²) >= 11 is 1.28. The largest absolute Gasteiger partial charge is 0.507 e. The SMILES string of the molecule is COc1ccc2nc(N3C(=O)C(=O)C(=C(O)c4ccccc4)C3c3ccc(OCc4ccccc4)cc3)sc2c1. The third-order valence-electron chi connectivity index (χ3n) is 6.73. The van der Waals surface area contributed by atoms with E-state index in [0.717, 1.165) is 10.3 Å². The highest BCUT2D eigenvalue weighted by molar-refractivity contribution is 7.22. The van der Waals surface area contributed by atoms with Crippen LogP contribution in [0.5, 0.6) is 11.5 Å². The Labute approximate surface area is 234 Å². The standard InChI is InChI=1S/C32H24N2O5S/c1-38-24-16-17-25-26(18-24)40-32(33-25)34-28(27(30(36)31(34)37)29(35)22-10-6-3-7-11-22)21-12-14-23(15-13-21)39-19-20-8-4-2-5-9-20/h2-18,28,35H,19H2,1H3. The molecule has 0 radical (unpaired) electrons. The van der Waals surface area contributed by atoms with Crippen molar-refractivity contribution in [2.24, 2.45) is 0 Å². The maximum absolute atomic E-state index is 13.5. The quantitative estimate of drug-likeness (QED) is 0.142. The normalized spacial score (nSPS) is 16.4. The van der Waals surface area contributed by atoms with E-state index in [1.165, 1.54) is 16.2 Å². The predicted molar refractivity (Wildman–Crippen MR) is 155 cm³/mol. The van der Waals surface area contributed by atoms with Crippen LogP contribution >= 0.6 is 11.3 Å². The minimum absolute atomic E-state index is 0.00555. The fourth-order valence-electron chi connectivity index (χ4n) is 4.71. The van der Waals surface area contributed by atoms with E-state index in [9.17, 15) is 14.7 Å². The Balaban J connectivity index is 1.42. The van der Waals surface area contributed by atoms with Gasteiger partial charge in [0.25, 0.3) is 5.78 Å². The molecule has 1 aliphatic heterocycles. The second kappa shape index (κ2) is 10.7. The number of fused-ring (bicyclic) bond motifs is 1. The number of ketones is 1. The van der Waals surface area contributed by atoms with Gasteiger partial charge in [-0.1, -0.05) is 84.1 Å². The van der Waals surface area contributed by atoms with E-state index in [1.54, 1.807) is 61.7 Å². The van der Waals surface area contributed by atoms with Crippen molar-refractivity contribution in [3.63, 3.8) is 0 Å². The zero-order valence-corrected chi connectivity index (χ0v) is 22.3. The van der Waals surface area contributed by atoms with Gasteiger partial charge in [0.15, 0.2) is 5.13 Å². The van der Waals surface area contributed by atoms with Gasteiger partial charge < -0.3 is 14.6 Å². The number of rotatable bonds is 7. The van der Waals surface area contributed by atoms with Crippen LogP contribution in [0.25, 0.3) is 16.0 Å². The second-order valence-electron chi connectivity index (χ2n) is 9.21.